The van der Waals surface area contributed by atoms with E-state index in [0.29, 0.717) is 21.9 Å². The zero-order valence-corrected chi connectivity index (χ0v) is 18.8. The third-order valence-electron chi connectivity index (χ3n) is 5.38. The molecule has 7 nitrogen and oxygen atoms in total. The summed E-state index contributed by atoms with van der Waals surface area (Å²) in [6.45, 7) is 1.79. The second-order valence-electron chi connectivity index (χ2n) is 7.80. The number of amides is 2. The molecule has 0 unspecified atom stereocenters. The highest BCUT2D eigenvalue weighted by atomic mass is 32.1. The molecule has 0 saturated heterocycles. The van der Waals surface area contributed by atoms with Crippen LogP contribution in [-0.2, 0) is 6.18 Å². The Labute approximate surface area is 200 Å². The number of aromatic amines is 1. The van der Waals surface area contributed by atoms with Crippen molar-refractivity contribution < 1.29 is 22.8 Å². The number of hydrogen-bond donors (Lipinski definition) is 3. The molecule has 0 bridgehead atoms. The number of carbonyl (C=O) groups is 2. The zero-order chi connectivity index (χ0) is 24.7. The average molecular weight is 495 g/mol. The Hall–Kier alpha value is -4.25. The number of nitrogens with zero attached hydrogens (tertiary/aromatic N) is 2. The fourth-order valence-corrected chi connectivity index (χ4v) is 4.60. The van der Waals surface area contributed by atoms with Gasteiger partial charge in [-0.1, -0.05) is 12.1 Å². The summed E-state index contributed by atoms with van der Waals surface area (Å²) >= 11 is 1.31. The number of aromatic nitrogens is 3. The van der Waals surface area contributed by atoms with Crippen molar-refractivity contribution in [2.24, 2.45) is 0 Å². The smallest absolute Gasteiger partial charge is 0.322 e. The highest BCUT2D eigenvalue weighted by molar-refractivity contribution is 7.21. The van der Waals surface area contributed by atoms with Gasteiger partial charge in [-0.25, -0.2) is 4.98 Å². The standard InChI is InChI=1S/C24H16F3N5O2S/c1-12-5-6-16(30-22(33)13-3-2-4-15(7-13)24(25,26)27)9-18(12)31-23(34)19-8-14-10-28-21-17(11-29-32-21)20(14)35-19/h2-11H,1H3,(H,30,33)(H,31,34)(H,28,29,32). The Morgan fingerprint density at radius 2 is 1.83 bits per heavy atom. The van der Waals surface area contributed by atoms with Crippen LogP contribution in [0, 0.1) is 6.92 Å². The predicted molar refractivity (Wildman–Crippen MR) is 128 cm³/mol. The summed E-state index contributed by atoms with van der Waals surface area (Å²) in [6.07, 6.45) is -1.23. The molecule has 0 aliphatic carbocycles. The lowest BCUT2D eigenvalue weighted by molar-refractivity contribution is -0.137. The largest absolute Gasteiger partial charge is 0.416 e. The SMILES string of the molecule is Cc1ccc(NC(=O)c2cccc(C(F)(F)F)c2)cc1NC(=O)c1cc2cnc3[nH]ncc3c2s1. The van der Waals surface area contributed by atoms with E-state index in [1.165, 1.54) is 23.5 Å². The summed E-state index contributed by atoms with van der Waals surface area (Å²) in [5.41, 5.74) is 1.13. The molecule has 5 aromatic rings. The van der Waals surface area contributed by atoms with Crippen LogP contribution in [0.2, 0.25) is 0 Å². The van der Waals surface area contributed by atoms with Gasteiger partial charge in [0.15, 0.2) is 5.65 Å². The van der Waals surface area contributed by atoms with Gasteiger partial charge in [0.05, 0.1) is 22.0 Å². The number of nitrogens with one attached hydrogen (secondary N) is 3. The molecule has 0 aliphatic heterocycles. The number of carbonyl (C=O) groups excluding carboxylic acids is 2. The molecule has 0 aliphatic rings. The van der Waals surface area contributed by atoms with Gasteiger partial charge in [0.1, 0.15) is 0 Å². The quantitative estimate of drug-likeness (QED) is 0.285. The number of halogens is 3. The van der Waals surface area contributed by atoms with E-state index < -0.39 is 17.6 Å². The van der Waals surface area contributed by atoms with Crippen molar-refractivity contribution >= 4 is 55.6 Å². The molecule has 0 saturated carbocycles. The van der Waals surface area contributed by atoms with Crippen LogP contribution in [-0.4, -0.2) is 27.0 Å². The van der Waals surface area contributed by atoms with Gasteiger partial charge < -0.3 is 10.6 Å². The summed E-state index contributed by atoms with van der Waals surface area (Å²) in [5.74, 6) is -1.04. The van der Waals surface area contributed by atoms with Crippen molar-refractivity contribution in [2.75, 3.05) is 10.6 Å². The number of thiophene rings is 1. The molecule has 3 heterocycles. The molecule has 3 N–H and O–H groups in total. The van der Waals surface area contributed by atoms with E-state index in [1.54, 1.807) is 43.6 Å². The third-order valence-corrected chi connectivity index (χ3v) is 6.56. The highest BCUT2D eigenvalue weighted by Crippen LogP contribution is 2.32. The maximum Gasteiger partial charge on any atom is 0.416 e. The van der Waals surface area contributed by atoms with E-state index in [-0.39, 0.29) is 11.5 Å². The molecular weight excluding hydrogens is 479 g/mol. The summed E-state index contributed by atoms with van der Waals surface area (Å²) in [4.78, 5) is 30.2. The van der Waals surface area contributed by atoms with Crippen LogP contribution in [0.4, 0.5) is 24.5 Å². The summed E-state index contributed by atoms with van der Waals surface area (Å²) in [6, 6.07) is 10.8. The molecule has 5 rings (SSSR count). The third kappa shape index (κ3) is 4.45. The summed E-state index contributed by atoms with van der Waals surface area (Å²) < 4.78 is 39.8. The first kappa shape index (κ1) is 22.5. The molecular formula is C24H16F3N5O2S. The van der Waals surface area contributed by atoms with Crippen LogP contribution in [0.3, 0.4) is 0 Å². The van der Waals surface area contributed by atoms with Crippen molar-refractivity contribution in [3.05, 3.63) is 82.5 Å². The molecule has 0 fully saturated rings. The fourth-order valence-electron chi connectivity index (χ4n) is 3.56. The molecule has 3 aromatic heterocycles. The lowest BCUT2D eigenvalue weighted by Gasteiger charge is -2.12. The second-order valence-corrected chi connectivity index (χ2v) is 8.85. The molecule has 176 valence electrons. The van der Waals surface area contributed by atoms with E-state index in [2.05, 4.69) is 25.8 Å². The van der Waals surface area contributed by atoms with Crippen LogP contribution >= 0.6 is 11.3 Å². The number of fused-ring (bicyclic) bond motifs is 3. The van der Waals surface area contributed by atoms with E-state index in [4.69, 9.17) is 0 Å². The minimum Gasteiger partial charge on any atom is -0.322 e. The normalized spacial score (nSPS) is 11.7. The number of hydrogen-bond acceptors (Lipinski definition) is 5. The second kappa shape index (κ2) is 8.51. The first-order valence-corrected chi connectivity index (χ1v) is 11.1. The number of rotatable bonds is 4. The van der Waals surface area contributed by atoms with Gasteiger partial charge in [0.25, 0.3) is 11.8 Å². The van der Waals surface area contributed by atoms with Gasteiger partial charge >= 0.3 is 6.18 Å². The monoisotopic (exact) mass is 495 g/mol. The summed E-state index contributed by atoms with van der Waals surface area (Å²) in [5, 5.41) is 13.8. The Kier molecular flexibility index (Phi) is 5.48. The zero-order valence-electron chi connectivity index (χ0n) is 18.0. The molecule has 35 heavy (non-hydrogen) atoms. The number of benzene rings is 2. The lowest BCUT2D eigenvalue weighted by Crippen LogP contribution is -2.15. The molecule has 0 radical (unpaired) electrons. The lowest BCUT2D eigenvalue weighted by atomic mass is 10.1. The van der Waals surface area contributed by atoms with Crippen molar-refractivity contribution in [1.29, 1.82) is 0 Å². The average Bonchev–Trinajstić information content (AvgIpc) is 3.47. The van der Waals surface area contributed by atoms with Gasteiger partial charge in [-0.2, -0.15) is 18.3 Å². The van der Waals surface area contributed by atoms with E-state index >= 15 is 0 Å². The Balaban J connectivity index is 1.36. The minimum absolute atomic E-state index is 0.129. The Morgan fingerprint density at radius 3 is 2.63 bits per heavy atom. The van der Waals surface area contributed by atoms with Crippen molar-refractivity contribution in [3.63, 3.8) is 0 Å². The number of H-pyrrole nitrogens is 1. The Bertz CT molecular complexity index is 1610. The fraction of sp³-hybridized carbons (Fsp3) is 0.0833. The topological polar surface area (TPSA) is 99.8 Å². The number of pyridine rings is 1. The van der Waals surface area contributed by atoms with Crippen molar-refractivity contribution in [2.45, 2.75) is 13.1 Å². The van der Waals surface area contributed by atoms with Crippen molar-refractivity contribution in [3.8, 4) is 0 Å². The first-order chi connectivity index (χ1) is 16.7. The Morgan fingerprint density at radius 1 is 1.00 bits per heavy atom. The van der Waals surface area contributed by atoms with Gasteiger partial charge in [-0.3, -0.25) is 14.7 Å². The highest BCUT2D eigenvalue weighted by Gasteiger charge is 2.31. The van der Waals surface area contributed by atoms with Gasteiger partial charge in [-0.15, -0.1) is 11.3 Å². The maximum absolute atomic E-state index is 13.0. The summed E-state index contributed by atoms with van der Waals surface area (Å²) in [7, 11) is 0. The van der Waals surface area contributed by atoms with E-state index in [9.17, 15) is 22.8 Å². The maximum atomic E-state index is 13.0. The molecule has 0 atom stereocenters. The van der Waals surface area contributed by atoms with Gasteiger partial charge in [0.2, 0.25) is 0 Å². The number of alkyl halides is 3. The first-order valence-electron chi connectivity index (χ1n) is 10.3. The van der Waals surface area contributed by atoms with Crippen LogP contribution < -0.4 is 10.6 Å². The van der Waals surface area contributed by atoms with Crippen LogP contribution in [0.5, 0.6) is 0 Å². The molecule has 2 amide bonds. The molecule has 11 heteroatoms. The van der Waals surface area contributed by atoms with Crippen LogP contribution in [0.1, 0.15) is 31.2 Å². The molecule has 0 spiro atoms. The van der Waals surface area contributed by atoms with E-state index in [1.807, 2.05) is 0 Å². The van der Waals surface area contributed by atoms with Gasteiger partial charge in [0, 0.05) is 33.2 Å². The van der Waals surface area contributed by atoms with Crippen molar-refractivity contribution in [1.82, 2.24) is 15.2 Å². The number of anilines is 2. The number of aryl methyl sites for hydroxylation is 1. The van der Waals surface area contributed by atoms with Crippen LogP contribution in [0.15, 0.2) is 60.9 Å². The van der Waals surface area contributed by atoms with Gasteiger partial charge in [-0.05, 0) is 48.9 Å². The van der Waals surface area contributed by atoms with Crippen LogP contribution in [0.25, 0.3) is 21.1 Å². The van der Waals surface area contributed by atoms with E-state index in [0.717, 1.165) is 33.2 Å². The minimum atomic E-state index is -4.55. The molecule has 2 aromatic carbocycles. The predicted octanol–water partition coefficient (Wildman–Crippen LogP) is 6.00.